The van der Waals surface area contributed by atoms with Gasteiger partial charge in [-0.05, 0) is 54.1 Å². The fourth-order valence-electron chi connectivity index (χ4n) is 3.63. The highest BCUT2D eigenvalue weighted by atomic mass is 79.9. The molecule has 1 aliphatic heterocycles. The molecule has 3 heterocycles. The highest BCUT2D eigenvalue weighted by Crippen LogP contribution is 2.26. The van der Waals surface area contributed by atoms with Gasteiger partial charge in [-0.25, -0.2) is 0 Å². The van der Waals surface area contributed by atoms with Crippen molar-refractivity contribution in [3.63, 3.8) is 0 Å². The minimum atomic E-state index is -0.0431. The van der Waals surface area contributed by atoms with Gasteiger partial charge in [-0.1, -0.05) is 28.1 Å². The second-order valence-electron chi connectivity index (χ2n) is 7.14. The van der Waals surface area contributed by atoms with E-state index in [1.165, 1.54) is 11.3 Å². The number of nitrogens with zero attached hydrogens (tertiary/aromatic N) is 2. The Morgan fingerprint density at radius 2 is 1.86 bits per heavy atom. The van der Waals surface area contributed by atoms with E-state index in [1.807, 2.05) is 69.7 Å². The topological polar surface area (TPSA) is 54.3 Å². The number of carbonyl (C=O) groups excluding carboxylic acids is 2. The Balaban J connectivity index is 1.32. The van der Waals surface area contributed by atoms with Crippen molar-refractivity contribution in [1.29, 1.82) is 0 Å². The van der Waals surface area contributed by atoms with Crippen LogP contribution < -0.4 is 5.32 Å². The van der Waals surface area contributed by atoms with Gasteiger partial charge >= 0.3 is 0 Å². The van der Waals surface area contributed by atoms with Gasteiger partial charge in [0.1, 0.15) is 4.88 Å². The van der Waals surface area contributed by atoms with Crippen LogP contribution in [0, 0.1) is 5.92 Å². The average molecular weight is 472 g/mol. The van der Waals surface area contributed by atoms with Gasteiger partial charge in [0.2, 0.25) is 5.91 Å². The molecule has 1 aromatic carbocycles. The van der Waals surface area contributed by atoms with Crippen molar-refractivity contribution in [3.05, 3.63) is 75.2 Å². The van der Waals surface area contributed by atoms with E-state index in [1.54, 1.807) is 0 Å². The van der Waals surface area contributed by atoms with Gasteiger partial charge in [0.05, 0.1) is 5.69 Å². The Kier molecular flexibility index (Phi) is 6.16. The van der Waals surface area contributed by atoms with Crippen molar-refractivity contribution >= 4 is 39.1 Å². The summed E-state index contributed by atoms with van der Waals surface area (Å²) in [5.74, 6) is 0.0800. The van der Waals surface area contributed by atoms with Crippen LogP contribution in [-0.2, 0) is 11.3 Å². The molecule has 0 saturated carbocycles. The first-order chi connectivity index (χ1) is 14.1. The molecule has 1 saturated heterocycles. The number of hydrogen-bond acceptors (Lipinski definition) is 3. The molecule has 0 unspecified atom stereocenters. The van der Waals surface area contributed by atoms with Gasteiger partial charge < -0.3 is 14.8 Å². The molecular formula is C22H22BrN3O2S. The summed E-state index contributed by atoms with van der Waals surface area (Å²) in [5, 5.41) is 4.98. The average Bonchev–Trinajstić information content (AvgIpc) is 3.43. The highest BCUT2D eigenvalue weighted by Gasteiger charge is 2.29. The predicted octanol–water partition coefficient (Wildman–Crippen LogP) is 4.47. The van der Waals surface area contributed by atoms with Crippen molar-refractivity contribution in [2.24, 2.45) is 5.92 Å². The van der Waals surface area contributed by atoms with Crippen molar-refractivity contribution in [3.8, 4) is 5.69 Å². The molecule has 0 spiro atoms. The SMILES string of the molecule is O=C(NCc1cccc(Br)c1)C1CCN(C(=O)c2sccc2-n2cccc2)CC1. The Morgan fingerprint density at radius 3 is 2.59 bits per heavy atom. The van der Waals surface area contributed by atoms with Gasteiger partial charge in [-0.2, -0.15) is 0 Å². The second-order valence-corrected chi connectivity index (χ2v) is 8.97. The van der Waals surface area contributed by atoms with Crippen LogP contribution in [0.3, 0.4) is 0 Å². The maximum Gasteiger partial charge on any atom is 0.266 e. The largest absolute Gasteiger partial charge is 0.352 e. The first kappa shape index (κ1) is 19.9. The molecule has 3 aromatic rings. The Labute approximate surface area is 182 Å². The number of piperidine rings is 1. The molecule has 29 heavy (non-hydrogen) atoms. The zero-order valence-electron chi connectivity index (χ0n) is 15.9. The smallest absolute Gasteiger partial charge is 0.266 e. The summed E-state index contributed by atoms with van der Waals surface area (Å²) in [4.78, 5) is 28.2. The number of rotatable bonds is 5. The molecule has 7 heteroatoms. The molecule has 2 amide bonds. The van der Waals surface area contributed by atoms with Gasteiger partial charge in [-0.3, -0.25) is 9.59 Å². The Morgan fingerprint density at radius 1 is 1.10 bits per heavy atom. The molecule has 1 aliphatic rings. The fraction of sp³-hybridized carbons (Fsp3) is 0.273. The number of amides is 2. The number of likely N-dealkylation sites (tertiary alicyclic amines) is 1. The third-order valence-electron chi connectivity index (χ3n) is 5.23. The zero-order valence-corrected chi connectivity index (χ0v) is 18.3. The molecule has 1 fully saturated rings. The molecule has 4 rings (SSSR count). The van der Waals surface area contributed by atoms with Crippen LogP contribution in [0.25, 0.3) is 5.69 Å². The summed E-state index contributed by atoms with van der Waals surface area (Å²) in [6.07, 6.45) is 5.28. The van der Waals surface area contributed by atoms with E-state index in [2.05, 4.69) is 21.2 Å². The molecule has 150 valence electrons. The lowest BCUT2D eigenvalue weighted by Crippen LogP contribution is -2.42. The number of benzene rings is 1. The molecule has 1 N–H and O–H groups in total. The number of nitrogens with one attached hydrogen (secondary N) is 1. The minimum absolute atomic E-state index is 0.0431. The van der Waals surface area contributed by atoms with Crippen LogP contribution in [0.4, 0.5) is 0 Å². The minimum Gasteiger partial charge on any atom is -0.352 e. The predicted molar refractivity (Wildman–Crippen MR) is 118 cm³/mol. The van der Waals surface area contributed by atoms with Crippen LogP contribution in [0.5, 0.6) is 0 Å². The van der Waals surface area contributed by atoms with Crippen LogP contribution in [-0.4, -0.2) is 34.4 Å². The first-order valence-electron chi connectivity index (χ1n) is 9.64. The summed E-state index contributed by atoms with van der Waals surface area (Å²) in [6, 6.07) is 13.8. The Hall–Kier alpha value is -2.38. The van der Waals surface area contributed by atoms with E-state index in [0.717, 1.165) is 20.6 Å². The Bertz CT molecular complexity index is 991. The third kappa shape index (κ3) is 4.62. The summed E-state index contributed by atoms with van der Waals surface area (Å²) < 4.78 is 2.97. The van der Waals surface area contributed by atoms with E-state index in [9.17, 15) is 9.59 Å². The van der Waals surface area contributed by atoms with Crippen molar-refractivity contribution in [1.82, 2.24) is 14.8 Å². The normalized spacial score (nSPS) is 14.7. The number of carbonyl (C=O) groups is 2. The molecule has 0 radical (unpaired) electrons. The monoisotopic (exact) mass is 471 g/mol. The molecule has 0 bridgehead atoms. The summed E-state index contributed by atoms with van der Waals surface area (Å²) >= 11 is 4.92. The summed E-state index contributed by atoms with van der Waals surface area (Å²) in [6.45, 7) is 1.74. The van der Waals surface area contributed by atoms with Crippen LogP contribution >= 0.6 is 27.3 Å². The van der Waals surface area contributed by atoms with Crippen LogP contribution in [0.1, 0.15) is 28.1 Å². The second kappa shape index (κ2) is 8.97. The van der Waals surface area contributed by atoms with Gasteiger partial charge in [0.25, 0.3) is 5.91 Å². The lowest BCUT2D eigenvalue weighted by molar-refractivity contribution is -0.126. The third-order valence-corrected chi connectivity index (χ3v) is 6.61. The van der Waals surface area contributed by atoms with Crippen molar-refractivity contribution in [2.75, 3.05) is 13.1 Å². The lowest BCUT2D eigenvalue weighted by atomic mass is 9.95. The highest BCUT2D eigenvalue weighted by molar-refractivity contribution is 9.10. The number of hydrogen-bond donors (Lipinski definition) is 1. The molecule has 0 aliphatic carbocycles. The summed E-state index contributed by atoms with van der Waals surface area (Å²) in [5.41, 5.74) is 1.98. The van der Waals surface area contributed by atoms with E-state index in [-0.39, 0.29) is 17.7 Å². The molecule has 0 atom stereocenters. The van der Waals surface area contributed by atoms with E-state index in [0.29, 0.717) is 32.5 Å². The summed E-state index contributed by atoms with van der Waals surface area (Å²) in [7, 11) is 0. The van der Waals surface area contributed by atoms with Gasteiger partial charge in [-0.15, -0.1) is 11.3 Å². The first-order valence-corrected chi connectivity index (χ1v) is 11.3. The molecule has 2 aromatic heterocycles. The number of aromatic nitrogens is 1. The van der Waals surface area contributed by atoms with Crippen LogP contribution in [0.2, 0.25) is 0 Å². The van der Waals surface area contributed by atoms with Crippen molar-refractivity contribution in [2.45, 2.75) is 19.4 Å². The maximum atomic E-state index is 13.0. The number of thiophene rings is 1. The molecular weight excluding hydrogens is 450 g/mol. The maximum absolute atomic E-state index is 13.0. The van der Waals surface area contributed by atoms with Gasteiger partial charge in [0, 0.05) is 42.4 Å². The van der Waals surface area contributed by atoms with E-state index < -0.39 is 0 Å². The van der Waals surface area contributed by atoms with Gasteiger partial charge in [0.15, 0.2) is 0 Å². The van der Waals surface area contributed by atoms with Crippen molar-refractivity contribution < 1.29 is 9.59 Å². The standard InChI is InChI=1S/C22H22BrN3O2S/c23-18-5-3-4-16(14-18)15-24-21(27)17-6-11-26(12-7-17)22(28)20-19(8-13-29-20)25-9-1-2-10-25/h1-5,8-10,13-14,17H,6-7,11-12,15H2,(H,24,27). The quantitative estimate of drug-likeness (QED) is 0.596. The lowest BCUT2D eigenvalue weighted by Gasteiger charge is -2.31. The van der Waals surface area contributed by atoms with E-state index >= 15 is 0 Å². The zero-order chi connectivity index (χ0) is 20.2. The number of halogens is 1. The van der Waals surface area contributed by atoms with Crippen LogP contribution in [0.15, 0.2) is 64.7 Å². The van der Waals surface area contributed by atoms with E-state index in [4.69, 9.17) is 0 Å². The molecule has 5 nitrogen and oxygen atoms in total. The fourth-order valence-corrected chi connectivity index (χ4v) is 4.93.